The van der Waals surface area contributed by atoms with Crippen LogP contribution >= 0.6 is 11.8 Å². The molecule has 0 aliphatic heterocycles. The fourth-order valence-electron chi connectivity index (χ4n) is 1.27. The number of hydrogen-bond donors (Lipinski definition) is 2. The van der Waals surface area contributed by atoms with Gasteiger partial charge in [-0.25, -0.2) is 4.98 Å². The van der Waals surface area contributed by atoms with Crippen LogP contribution in [0.4, 0.5) is 5.82 Å². The minimum Gasteiger partial charge on any atom is -0.367 e. The Labute approximate surface area is 93.3 Å². The van der Waals surface area contributed by atoms with Crippen LogP contribution in [0.5, 0.6) is 0 Å². The van der Waals surface area contributed by atoms with Gasteiger partial charge in [0.2, 0.25) is 0 Å². The molecule has 0 amide bonds. The Kier molecular flexibility index (Phi) is 3.29. The molecule has 0 unspecified atom stereocenters. The lowest BCUT2D eigenvalue weighted by Gasteiger charge is -2.04. The average molecular weight is 219 g/mol. The maximum Gasteiger partial charge on any atom is 0.126 e. The van der Waals surface area contributed by atoms with Crippen molar-refractivity contribution in [2.45, 2.75) is 11.4 Å². The predicted octanol–water partition coefficient (Wildman–Crippen LogP) is 2.74. The summed E-state index contributed by atoms with van der Waals surface area (Å²) in [4.78, 5) is 8.51. The quantitative estimate of drug-likeness (QED) is 0.777. The van der Waals surface area contributed by atoms with Crippen LogP contribution in [0.1, 0.15) is 5.56 Å². The van der Waals surface area contributed by atoms with Gasteiger partial charge in [0, 0.05) is 30.0 Å². The molecule has 0 aliphatic rings. The summed E-state index contributed by atoms with van der Waals surface area (Å²) in [5, 5.41) is 3.26. The molecule has 0 aromatic carbocycles. The number of aromatic nitrogens is 2. The summed E-state index contributed by atoms with van der Waals surface area (Å²) >= 11 is 1.70. The number of H-pyrrole nitrogens is 1. The van der Waals surface area contributed by atoms with Gasteiger partial charge in [-0.15, -0.1) is 11.8 Å². The Morgan fingerprint density at radius 3 is 2.93 bits per heavy atom. The second kappa shape index (κ2) is 4.89. The van der Waals surface area contributed by atoms with Gasteiger partial charge < -0.3 is 10.3 Å². The van der Waals surface area contributed by atoms with Gasteiger partial charge in [-0.05, 0) is 30.0 Å². The third kappa shape index (κ3) is 2.76. The first-order valence-corrected chi connectivity index (χ1v) is 5.96. The topological polar surface area (TPSA) is 40.7 Å². The van der Waals surface area contributed by atoms with Crippen LogP contribution in [-0.2, 0) is 6.54 Å². The van der Waals surface area contributed by atoms with E-state index in [1.54, 1.807) is 11.8 Å². The van der Waals surface area contributed by atoms with Crippen LogP contribution in [-0.4, -0.2) is 16.2 Å². The van der Waals surface area contributed by atoms with Crippen molar-refractivity contribution < 1.29 is 0 Å². The van der Waals surface area contributed by atoms with E-state index in [9.17, 15) is 0 Å². The van der Waals surface area contributed by atoms with Gasteiger partial charge in [-0.1, -0.05) is 0 Å². The second-order valence-electron chi connectivity index (χ2n) is 3.16. The SMILES string of the molecule is CSc1ccc(NCc2cc[nH]c2)nc1. The fourth-order valence-corrected chi connectivity index (χ4v) is 1.63. The molecular weight excluding hydrogens is 206 g/mol. The monoisotopic (exact) mass is 219 g/mol. The number of thioether (sulfide) groups is 1. The highest BCUT2D eigenvalue weighted by atomic mass is 32.2. The maximum absolute atomic E-state index is 4.31. The third-order valence-electron chi connectivity index (χ3n) is 2.11. The van der Waals surface area contributed by atoms with E-state index >= 15 is 0 Å². The molecule has 15 heavy (non-hydrogen) atoms. The molecule has 2 aromatic heterocycles. The standard InChI is InChI=1S/C11H13N3S/c1-15-10-2-3-11(14-8-10)13-7-9-4-5-12-6-9/h2-6,8,12H,7H2,1H3,(H,13,14). The normalized spacial score (nSPS) is 10.2. The van der Waals surface area contributed by atoms with E-state index in [1.807, 2.05) is 37.0 Å². The summed E-state index contributed by atoms with van der Waals surface area (Å²) in [5.41, 5.74) is 1.23. The molecule has 0 fully saturated rings. The van der Waals surface area contributed by atoms with E-state index in [4.69, 9.17) is 0 Å². The first-order valence-electron chi connectivity index (χ1n) is 4.74. The van der Waals surface area contributed by atoms with Crippen molar-refractivity contribution in [3.63, 3.8) is 0 Å². The minimum atomic E-state index is 0.801. The minimum absolute atomic E-state index is 0.801. The van der Waals surface area contributed by atoms with Gasteiger partial charge in [0.15, 0.2) is 0 Å². The zero-order chi connectivity index (χ0) is 10.5. The summed E-state index contributed by atoms with van der Waals surface area (Å²) in [6.45, 7) is 0.801. The Bertz CT molecular complexity index is 394. The van der Waals surface area contributed by atoms with Gasteiger partial charge >= 0.3 is 0 Å². The number of anilines is 1. The van der Waals surface area contributed by atoms with Crippen molar-refractivity contribution in [3.8, 4) is 0 Å². The Morgan fingerprint density at radius 1 is 1.40 bits per heavy atom. The lowest BCUT2D eigenvalue weighted by Crippen LogP contribution is -1.99. The molecule has 0 atom stereocenters. The molecule has 2 N–H and O–H groups in total. The number of aromatic amines is 1. The first-order chi connectivity index (χ1) is 7.38. The molecule has 0 bridgehead atoms. The third-order valence-corrected chi connectivity index (χ3v) is 2.82. The van der Waals surface area contributed by atoms with Crippen molar-refractivity contribution in [1.29, 1.82) is 0 Å². The summed E-state index contributed by atoms with van der Waals surface area (Å²) in [5.74, 6) is 0.911. The molecule has 3 nitrogen and oxygen atoms in total. The van der Waals surface area contributed by atoms with Gasteiger partial charge in [-0.2, -0.15) is 0 Å². The average Bonchev–Trinajstić information content (AvgIpc) is 2.80. The molecule has 0 aliphatic carbocycles. The first kappa shape index (κ1) is 10.1. The lowest BCUT2D eigenvalue weighted by molar-refractivity contribution is 1.10. The molecule has 4 heteroatoms. The van der Waals surface area contributed by atoms with Gasteiger partial charge in [-0.3, -0.25) is 0 Å². The fraction of sp³-hybridized carbons (Fsp3) is 0.182. The summed E-state index contributed by atoms with van der Waals surface area (Å²) in [6.07, 6.45) is 7.82. The summed E-state index contributed by atoms with van der Waals surface area (Å²) in [7, 11) is 0. The number of hydrogen-bond acceptors (Lipinski definition) is 3. The van der Waals surface area contributed by atoms with E-state index in [0.717, 1.165) is 12.4 Å². The van der Waals surface area contributed by atoms with Crippen LogP contribution in [0.25, 0.3) is 0 Å². The zero-order valence-electron chi connectivity index (χ0n) is 8.53. The Hall–Kier alpha value is -1.42. The number of nitrogens with one attached hydrogen (secondary N) is 2. The van der Waals surface area contributed by atoms with Crippen molar-refractivity contribution >= 4 is 17.6 Å². The van der Waals surface area contributed by atoms with Crippen LogP contribution in [0.3, 0.4) is 0 Å². The van der Waals surface area contributed by atoms with Gasteiger partial charge in [0.1, 0.15) is 5.82 Å². The highest BCUT2D eigenvalue weighted by Gasteiger charge is 1.95. The van der Waals surface area contributed by atoms with Crippen molar-refractivity contribution in [1.82, 2.24) is 9.97 Å². The van der Waals surface area contributed by atoms with E-state index < -0.39 is 0 Å². The van der Waals surface area contributed by atoms with E-state index in [1.165, 1.54) is 10.5 Å². The highest BCUT2D eigenvalue weighted by molar-refractivity contribution is 7.98. The van der Waals surface area contributed by atoms with Gasteiger partial charge in [0.25, 0.3) is 0 Å². The Morgan fingerprint density at radius 2 is 2.33 bits per heavy atom. The van der Waals surface area contributed by atoms with Crippen LogP contribution in [0.15, 0.2) is 41.7 Å². The number of rotatable bonds is 4. The Balaban J connectivity index is 1.93. The predicted molar refractivity (Wildman–Crippen MR) is 64.1 cm³/mol. The number of pyridine rings is 1. The maximum atomic E-state index is 4.31. The van der Waals surface area contributed by atoms with Crippen LogP contribution < -0.4 is 5.32 Å². The van der Waals surface area contributed by atoms with Crippen LogP contribution in [0.2, 0.25) is 0 Å². The van der Waals surface area contributed by atoms with Crippen molar-refractivity contribution in [2.24, 2.45) is 0 Å². The second-order valence-corrected chi connectivity index (χ2v) is 4.04. The molecule has 0 radical (unpaired) electrons. The van der Waals surface area contributed by atoms with Gasteiger partial charge in [0.05, 0.1) is 0 Å². The lowest BCUT2D eigenvalue weighted by atomic mass is 10.3. The molecule has 2 aromatic rings. The van der Waals surface area contributed by atoms with E-state index in [-0.39, 0.29) is 0 Å². The van der Waals surface area contributed by atoms with Crippen LogP contribution in [0, 0.1) is 0 Å². The summed E-state index contributed by atoms with van der Waals surface area (Å²) in [6, 6.07) is 6.11. The molecule has 2 rings (SSSR count). The summed E-state index contributed by atoms with van der Waals surface area (Å²) < 4.78 is 0. The molecular formula is C11H13N3S. The molecule has 2 heterocycles. The smallest absolute Gasteiger partial charge is 0.126 e. The molecule has 0 saturated heterocycles. The highest BCUT2D eigenvalue weighted by Crippen LogP contribution is 2.14. The molecule has 0 spiro atoms. The van der Waals surface area contributed by atoms with Crippen molar-refractivity contribution in [3.05, 3.63) is 42.4 Å². The van der Waals surface area contributed by atoms with Crippen molar-refractivity contribution in [2.75, 3.05) is 11.6 Å². The van der Waals surface area contributed by atoms with E-state index in [2.05, 4.69) is 21.4 Å². The van der Waals surface area contributed by atoms with E-state index in [0.29, 0.717) is 0 Å². The molecule has 0 saturated carbocycles. The molecule has 78 valence electrons. The largest absolute Gasteiger partial charge is 0.367 e. The zero-order valence-corrected chi connectivity index (χ0v) is 9.34. The number of nitrogens with zero attached hydrogens (tertiary/aromatic N) is 1.